The third-order valence-corrected chi connectivity index (χ3v) is 4.41. The van der Waals surface area contributed by atoms with Crippen LogP contribution in [0.2, 0.25) is 0 Å². The van der Waals surface area contributed by atoms with E-state index >= 15 is 0 Å². The maximum Gasteiger partial charge on any atom is 0.128 e. The van der Waals surface area contributed by atoms with E-state index in [9.17, 15) is 0 Å². The highest BCUT2D eigenvalue weighted by atomic mass is 32.2. The van der Waals surface area contributed by atoms with Gasteiger partial charge in [-0.05, 0) is 49.3 Å². The molecule has 1 aromatic heterocycles. The Morgan fingerprint density at radius 3 is 2.79 bits per heavy atom. The van der Waals surface area contributed by atoms with Gasteiger partial charge in [-0.15, -0.1) is 0 Å². The third kappa shape index (κ3) is 4.94. The summed E-state index contributed by atoms with van der Waals surface area (Å²) in [6.07, 6.45) is 7.16. The van der Waals surface area contributed by atoms with Crippen LogP contribution in [0, 0.1) is 0 Å². The van der Waals surface area contributed by atoms with Crippen LogP contribution in [0.4, 0.5) is 11.5 Å². The molecule has 3 nitrogen and oxygen atoms in total. The van der Waals surface area contributed by atoms with Crippen LogP contribution in [0.1, 0.15) is 32.6 Å². The molecule has 19 heavy (non-hydrogen) atoms. The number of rotatable bonds is 7. The van der Waals surface area contributed by atoms with Gasteiger partial charge in [0.15, 0.2) is 0 Å². The quantitative estimate of drug-likeness (QED) is 0.772. The van der Waals surface area contributed by atoms with E-state index in [1.54, 1.807) is 0 Å². The summed E-state index contributed by atoms with van der Waals surface area (Å²) in [5.41, 5.74) is 1.14. The molecule has 2 rings (SSSR count). The zero-order chi connectivity index (χ0) is 13.3. The summed E-state index contributed by atoms with van der Waals surface area (Å²) in [6, 6.07) is 4.30. The molecule has 2 heterocycles. The molecule has 1 aromatic rings. The molecule has 1 aliphatic rings. The van der Waals surface area contributed by atoms with Gasteiger partial charge in [0.2, 0.25) is 0 Å². The molecule has 1 fully saturated rings. The molecule has 1 saturated heterocycles. The Balaban J connectivity index is 1.74. The summed E-state index contributed by atoms with van der Waals surface area (Å²) in [6.45, 7) is 5.57. The van der Waals surface area contributed by atoms with Gasteiger partial charge in [0, 0.05) is 19.6 Å². The van der Waals surface area contributed by atoms with Crippen LogP contribution in [-0.2, 0) is 0 Å². The lowest BCUT2D eigenvalue weighted by molar-refractivity contribution is 0.573. The minimum absolute atomic E-state index is 1.04. The van der Waals surface area contributed by atoms with Crippen LogP contribution in [0.5, 0.6) is 0 Å². The van der Waals surface area contributed by atoms with Crippen molar-refractivity contribution in [2.24, 2.45) is 0 Å². The summed E-state index contributed by atoms with van der Waals surface area (Å²) in [4.78, 5) is 6.97. The van der Waals surface area contributed by atoms with Gasteiger partial charge >= 0.3 is 0 Å². The average molecular weight is 279 g/mol. The lowest BCUT2D eigenvalue weighted by Gasteiger charge is -2.27. The molecular formula is C15H25N3S. The monoisotopic (exact) mass is 279 g/mol. The Kier molecular flexibility index (Phi) is 6.34. The number of aromatic nitrogens is 1. The second kappa shape index (κ2) is 8.31. The zero-order valence-electron chi connectivity index (χ0n) is 11.9. The van der Waals surface area contributed by atoms with Gasteiger partial charge in [0.05, 0.1) is 11.9 Å². The summed E-state index contributed by atoms with van der Waals surface area (Å²) >= 11 is 2.00. The van der Waals surface area contributed by atoms with Gasteiger partial charge in [-0.2, -0.15) is 11.8 Å². The summed E-state index contributed by atoms with van der Waals surface area (Å²) < 4.78 is 0. The normalized spacial score (nSPS) is 15.5. The van der Waals surface area contributed by atoms with Crippen LogP contribution in [-0.4, -0.2) is 36.1 Å². The number of anilines is 2. The van der Waals surface area contributed by atoms with E-state index in [1.807, 2.05) is 18.0 Å². The standard InChI is InChI=1S/C15H25N3S/c1-2-19-12-6-9-16-14-7-8-15(17-13-14)18-10-4-3-5-11-18/h7-8,13,16H,2-6,9-12H2,1H3. The van der Waals surface area contributed by atoms with Gasteiger partial charge in [0.25, 0.3) is 0 Å². The Morgan fingerprint density at radius 1 is 1.26 bits per heavy atom. The van der Waals surface area contributed by atoms with Crippen LogP contribution >= 0.6 is 11.8 Å². The van der Waals surface area contributed by atoms with Crippen LogP contribution < -0.4 is 10.2 Å². The van der Waals surface area contributed by atoms with Gasteiger partial charge in [-0.1, -0.05) is 6.92 Å². The van der Waals surface area contributed by atoms with Crippen molar-refractivity contribution in [3.63, 3.8) is 0 Å². The molecular weight excluding hydrogens is 254 g/mol. The predicted molar refractivity (Wildman–Crippen MR) is 86.4 cm³/mol. The van der Waals surface area contributed by atoms with E-state index in [0.717, 1.165) is 31.1 Å². The van der Waals surface area contributed by atoms with E-state index in [4.69, 9.17) is 0 Å². The van der Waals surface area contributed by atoms with E-state index in [-0.39, 0.29) is 0 Å². The molecule has 0 aliphatic carbocycles. The topological polar surface area (TPSA) is 28.2 Å². The third-order valence-electron chi connectivity index (χ3n) is 3.43. The van der Waals surface area contributed by atoms with Crippen molar-refractivity contribution in [2.45, 2.75) is 32.6 Å². The summed E-state index contributed by atoms with van der Waals surface area (Å²) in [5, 5.41) is 3.44. The highest BCUT2D eigenvalue weighted by molar-refractivity contribution is 7.99. The molecule has 1 aliphatic heterocycles. The van der Waals surface area contributed by atoms with Crippen LogP contribution in [0.15, 0.2) is 18.3 Å². The van der Waals surface area contributed by atoms with Gasteiger partial charge in [-0.25, -0.2) is 4.98 Å². The zero-order valence-corrected chi connectivity index (χ0v) is 12.7. The molecule has 0 radical (unpaired) electrons. The highest BCUT2D eigenvalue weighted by Gasteiger charge is 2.11. The fourth-order valence-electron chi connectivity index (χ4n) is 2.35. The summed E-state index contributed by atoms with van der Waals surface area (Å²) in [7, 11) is 0. The van der Waals surface area contributed by atoms with Crippen molar-refractivity contribution in [1.82, 2.24) is 4.98 Å². The van der Waals surface area contributed by atoms with E-state index < -0.39 is 0 Å². The minimum Gasteiger partial charge on any atom is -0.384 e. The lowest BCUT2D eigenvalue weighted by Crippen LogP contribution is -2.30. The lowest BCUT2D eigenvalue weighted by atomic mass is 10.1. The molecule has 0 amide bonds. The minimum atomic E-state index is 1.04. The smallest absolute Gasteiger partial charge is 0.128 e. The van der Waals surface area contributed by atoms with Crippen molar-refractivity contribution in [3.05, 3.63) is 18.3 Å². The number of pyridine rings is 1. The number of hydrogen-bond donors (Lipinski definition) is 1. The number of nitrogens with zero attached hydrogens (tertiary/aromatic N) is 2. The van der Waals surface area contributed by atoms with E-state index in [1.165, 1.54) is 37.2 Å². The van der Waals surface area contributed by atoms with Crippen molar-refractivity contribution in [2.75, 3.05) is 41.4 Å². The van der Waals surface area contributed by atoms with Gasteiger partial charge < -0.3 is 10.2 Å². The fourth-order valence-corrected chi connectivity index (χ4v) is 2.99. The maximum absolute atomic E-state index is 4.58. The van der Waals surface area contributed by atoms with Crippen molar-refractivity contribution >= 4 is 23.3 Å². The predicted octanol–water partition coefficient (Wildman–Crippen LogP) is 3.63. The first kappa shape index (κ1) is 14.5. The Labute approximate surface area is 121 Å². The molecule has 0 saturated carbocycles. The molecule has 0 spiro atoms. The number of nitrogens with one attached hydrogen (secondary N) is 1. The molecule has 0 atom stereocenters. The Morgan fingerprint density at radius 2 is 2.11 bits per heavy atom. The van der Waals surface area contributed by atoms with Crippen molar-refractivity contribution in [1.29, 1.82) is 0 Å². The number of piperidine rings is 1. The number of thioether (sulfide) groups is 1. The first-order valence-electron chi connectivity index (χ1n) is 7.43. The first-order valence-corrected chi connectivity index (χ1v) is 8.58. The SMILES string of the molecule is CCSCCCNc1ccc(N2CCCCC2)nc1. The second-order valence-electron chi connectivity index (χ2n) is 4.93. The van der Waals surface area contributed by atoms with E-state index in [2.05, 4.69) is 34.3 Å². The number of hydrogen-bond acceptors (Lipinski definition) is 4. The van der Waals surface area contributed by atoms with Crippen molar-refractivity contribution < 1.29 is 0 Å². The Bertz CT molecular complexity index is 347. The molecule has 0 bridgehead atoms. The van der Waals surface area contributed by atoms with Crippen molar-refractivity contribution in [3.8, 4) is 0 Å². The second-order valence-corrected chi connectivity index (χ2v) is 6.32. The Hall–Kier alpha value is -0.900. The first-order chi connectivity index (χ1) is 9.40. The van der Waals surface area contributed by atoms with Crippen LogP contribution in [0.25, 0.3) is 0 Å². The molecule has 0 aromatic carbocycles. The van der Waals surface area contributed by atoms with E-state index in [0.29, 0.717) is 0 Å². The molecule has 4 heteroatoms. The molecule has 1 N–H and O–H groups in total. The van der Waals surface area contributed by atoms with Crippen LogP contribution in [0.3, 0.4) is 0 Å². The largest absolute Gasteiger partial charge is 0.384 e. The highest BCUT2D eigenvalue weighted by Crippen LogP contribution is 2.18. The van der Waals surface area contributed by atoms with Gasteiger partial charge in [0.1, 0.15) is 5.82 Å². The molecule has 106 valence electrons. The maximum atomic E-state index is 4.58. The van der Waals surface area contributed by atoms with Gasteiger partial charge in [-0.3, -0.25) is 0 Å². The fraction of sp³-hybridized carbons (Fsp3) is 0.667. The summed E-state index contributed by atoms with van der Waals surface area (Å²) in [5.74, 6) is 3.58. The molecule has 0 unspecified atom stereocenters. The average Bonchev–Trinajstić information content (AvgIpc) is 2.49.